The number of carbonyl (C=O) groups excluding carboxylic acids is 1. The SMILES string of the molecule is O=C(NCCc1cn[nH]c1)c1ccccc1F.c1cc2c(cc1OCC1CCCNC1)OCO2. The summed E-state index contributed by atoms with van der Waals surface area (Å²) in [6.07, 6.45) is 6.61. The van der Waals surface area contributed by atoms with Gasteiger partial charge in [-0.05, 0) is 55.6 Å². The van der Waals surface area contributed by atoms with Crippen molar-refractivity contribution in [2.24, 2.45) is 5.92 Å². The van der Waals surface area contributed by atoms with E-state index in [1.807, 2.05) is 18.2 Å². The molecule has 3 heterocycles. The van der Waals surface area contributed by atoms with Crippen molar-refractivity contribution in [3.8, 4) is 17.2 Å². The van der Waals surface area contributed by atoms with Crippen LogP contribution in [0.25, 0.3) is 0 Å². The fraction of sp³-hybridized carbons (Fsp3) is 0.360. The van der Waals surface area contributed by atoms with Crippen molar-refractivity contribution in [2.75, 3.05) is 33.0 Å². The molecule has 2 aromatic carbocycles. The van der Waals surface area contributed by atoms with Crippen LogP contribution >= 0.6 is 0 Å². The molecule has 2 aliphatic rings. The normalized spacial score (nSPS) is 16.3. The molecule has 2 aliphatic heterocycles. The standard InChI is InChI=1S/C13H17NO3.C12H12FN3O/c1-2-10(7-14-5-1)8-15-11-3-4-12-13(6-11)17-9-16-12;13-11-4-2-1-3-10(11)12(17)14-6-5-9-7-15-16-8-9/h3-4,6,10,14H,1-2,5,7-9H2;1-4,7-8H,5-6H2,(H,14,17)(H,15,16). The molecule has 8 nitrogen and oxygen atoms in total. The minimum atomic E-state index is -0.506. The maximum atomic E-state index is 13.3. The average molecular weight is 469 g/mol. The smallest absolute Gasteiger partial charge is 0.254 e. The summed E-state index contributed by atoms with van der Waals surface area (Å²) in [5.41, 5.74) is 1.07. The van der Waals surface area contributed by atoms with Crippen molar-refractivity contribution >= 4 is 5.91 Å². The predicted molar refractivity (Wildman–Crippen MR) is 125 cm³/mol. The Morgan fingerprint density at radius 1 is 1.21 bits per heavy atom. The van der Waals surface area contributed by atoms with Crippen LogP contribution in [0.2, 0.25) is 0 Å². The highest BCUT2D eigenvalue weighted by Crippen LogP contribution is 2.35. The van der Waals surface area contributed by atoms with E-state index in [1.165, 1.54) is 25.0 Å². The zero-order valence-electron chi connectivity index (χ0n) is 18.9. The lowest BCUT2D eigenvalue weighted by Crippen LogP contribution is -2.33. The summed E-state index contributed by atoms with van der Waals surface area (Å²) in [4.78, 5) is 11.6. The lowest BCUT2D eigenvalue weighted by molar-refractivity contribution is 0.0950. The largest absolute Gasteiger partial charge is 0.493 e. The molecule has 3 aromatic rings. The van der Waals surface area contributed by atoms with E-state index in [1.54, 1.807) is 24.5 Å². The molecule has 5 rings (SSSR count). The number of aromatic amines is 1. The van der Waals surface area contributed by atoms with Crippen LogP contribution in [0.1, 0.15) is 28.8 Å². The first-order valence-corrected chi connectivity index (χ1v) is 11.4. The first-order valence-electron chi connectivity index (χ1n) is 11.4. The van der Waals surface area contributed by atoms with E-state index in [2.05, 4.69) is 20.8 Å². The Kier molecular flexibility index (Phi) is 8.34. The van der Waals surface area contributed by atoms with Crippen LogP contribution < -0.4 is 24.8 Å². The molecule has 3 N–H and O–H groups in total. The Labute approximate surface area is 197 Å². The number of halogens is 1. The van der Waals surface area contributed by atoms with E-state index >= 15 is 0 Å². The van der Waals surface area contributed by atoms with Gasteiger partial charge in [-0.1, -0.05) is 12.1 Å². The molecule has 1 atom stereocenters. The lowest BCUT2D eigenvalue weighted by Gasteiger charge is -2.22. The Morgan fingerprint density at radius 2 is 2.09 bits per heavy atom. The van der Waals surface area contributed by atoms with E-state index < -0.39 is 11.7 Å². The van der Waals surface area contributed by atoms with Crippen molar-refractivity contribution < 1.29 is 23.4 Å². The molecule has 9 heteroatoms. The number of H-pyrrole nitrogens is 1. The maximum Gasteiger partial charge on any atom is 0.254 e. The van der Waals surface area contributed by atoms with E-state index in [-0.39, 0.29) is 5.56 Å². The minimum absolute atomic E-state index is 0.0692. The van der Waals surface area contributed by atoms with E-state index in [0.29, 0.717) is 25.7 Å². The Hall–Kier alpha value is -3.59. The monoisotopic (exact) mass is 468 g/mol. The van der Waals surface area contributed by atoms with Gasteiger partial charge < -0.3 is 24.8 Å². The number of hydrogen-bond acceptors (Lipinski definition) is 6. The number of aromatic nitrogens is 2. The van der Waals surface area contributed by atoms with Gasteiger partial charge in [-0.2, -0.15) is 5.10 Å². The molecule has 1 unspecified atom stereocenters. The Balaban J connectivity index is 0.000000161. The first-order chi connectivity index (χ1) is 16.7. The molecule has 180 valence electrons. The summed E-state index contributed by atoms with van der Waals surface area (Å²) >= 11 is 0. The lowest BCUT2D eigenvalue weighted by atomic mass is 10.0. The second-order valence-electron chi connectivity index (χ2n) is 8.13. The number of piperidine rings is 1. The van der Waals surface area contributed by atoms with Crippen molar-refractivity contribution in [1.82, 2.24) is 20.8 Å². The highest BCUT2D eigenvalue weighted by molar-refractivity contribution is 5.94. The molecule has 1 aromatic heterocycles. The molecule has 0 aliphatic carbocycles. The molecule has 0 spiro atoms. The van der Waals surface area contributed by atoms with Gasteiger partial charge in [-0.15, -0.1) is 0 Å². The summed E-state index contributed by atoms with van der Waals surface area (Å²) < 4.78 is 29.6. The summed E-state index contributed by atoms with van der Waals surface area (Å²) in [6, 6.07) is 11.7. The number of nitrogens with one attached hydrogen (secondary N) is 3. The second-order valence-corrected chi connectivity index (χ2v) is 8.13. The Bertz CT molecular complexity index is 1050. The van der Waals surface area contributed by atoms with Crippen LogP contribution in [0.5, 0.6) is 17.2 Å². The number of nitrogens with zero attached hydrogens (tertiary/aromatic N) is 1. The zero-order valence-corrected chi connectivity index (χ0v) is 18.9. The van der Waals surface area contributed by atoms with E-state index in [0.717, 1.165) is 42.5 Å². The zero-order chi connectivity index (χ0) is 23.6. The van der Waals surface area contributed by atoms with Gasteiger partial charge in [0.1, 0.15) is 11.6 Å². The number of benzene rings is 2. The number of hydrogen-bond donors (Lipinski definition) is 3. The van der Waals surface area contributed by atoms with E-state index in [9.17, 15) is 9.18 Å². The number of amides is 1. The molecule has 1 fully saturated rings. The highest BCUT2D eigenvalue weighted by Gasteiger charge is 2.16. The quantitative estimate of drug-likeness (QED) is 0.492. The van der Waals surface area contributed by atoms with Crippen LogP contribution in [0.3, 0.4) is 0 Å². The number of fused-ring (bicyclic) bond motifs is 1. The van der Waals surface area contributed by atoms with Gasteiger partial charge in [0.25, 0.3) is 5.91 Å². The second kappa shape index (κ2) is 12.0. The van der Waals surface area contributed by atoms with Gasteiger partial charge in [0.05, 0.1) is 18.4 Å². The first kappa shape index (κ1) is 23.6. The highest BCUT2D eigenvalue weighted by atomic mass is 19.1. The van der Waals surface area contributed by atoms with Gasteiger partial charge >= 0.3 is 0 Å². The molecular weight excluding hydrogens is 439 g/mol. The predicted octanol–water partition coefficient (Wildman–Crippen LogP) is 3.32. The minimum Gasteiger partial charge on any atom is -0.493 e. The fourth-order valence-corrected chi connectivity index (χ4v) is 3.72. The molecule has 1 amide bonds. The molecule has 0 radical (unpaired) electrons. The molecule has 34 heavy (non-hydrogen) atoms. The van der Waals surface area contributed by atoms with Crippen molar-refractivity contribution in [3.63, 3.8) is 0 Å². The number of ether oxygens (including phenoxy) is 3. The third-order valence-corrected chi connectivity index (χ3v) is 5.60. The summed E-state index contributed by atoms with van der Waals surface area (Å²) in [7, 11) is 0. The molecular formula is C25H29FN4O4. The number of carbonyl (C=O) groups is 1. The summed E-state index contributed by atoms with van der Waals surface area (Å²) in [5.74, 6) is 2.16. The van der Waals surface area contributed by atoms with Crippen LogP contribution in [-0.4, -0.2) is 49.1 Å². The van der Waals surface area contributed by atoms with Crippen LogP contribution in [0.15, 0.2) is 54.9 Å². The maximum absolute atomic E-state index is 13.3. The van der Waals surface area contributed by atoms with Gasteiger partial charge in [0.2, 0.25) is 6.79 Å². The summed E-state index contributed by atoms with van der Waals surface area (Å²) in [6.45, 7) is 3.73. The van der Waals surface area contributed by atoms with Gasteiger partial charge in [0, 0.05) is 31.3 Å². The molecule has 0 bridgehead atoms. The van der Waals surface area contributed by atoms with Gasteiger partial charge in [0.15, 0.2) is 11.5 Å². The van der Waals surface area contributed by atoms with E-state index in [4.69, 9.17) is 14.2 Å². The molecule has 0 saturated carbocycles. The van der Waals surface area contributed by atoms with Crippen molar-refractivity contribution in [1.29, 1.82) is 0 Å². The average Bonchev–Trinajstić information content (AvgIpc) is 3.56. The van der Waals surface area contributed by atoms with Gasteiger partial charge in [-0.3, -0.25) is 9.89 Å². The van der Waals surface area contributed by atoms with Crippen LogP contribution in [0, 0.1) is 11.7 Å². The van der Waals surface area contributed by atoms with Crippen molar-refractivity contribution in [3.05, 3.63) is 71.8 Å². The van der Waals surface area contributed by atoms with Crippen molar-refractivity contribution in [2.45, 2.75) is 19.3 Å². The fourth-order valence-electron chi connectivity index (χ4n) is 3.72. The third-order valence-electron chi connectivity index (χ3n) is 5.60. The van der Waals surface area contributed by atoms with Gasteiger partial charge in [-0.25, -0.2) is 4.39 Å². The summed E-state index contributed by atoms with van der Waals surface area (Å²) in [5, 5.41) is 12.5. The number of rotatable bonds is 7. The molecule has 1 saturated heterocycles. The topological polar surface area (TPSA) is 97.5 Å². The van der Waals surface area contributed by atoms with Crippen LogP contribution in [0.4, 0.5) is 4.39 Å². The Morgan fingerprint density at radius 3 is 2.88 bits per heavy atom. The van der Waals surface area contributed by atoms with Crippen LogP contribution in [-0.2, 0) is 6.42 Å². The third kappa shape index (κ3) is 6.71.